The van der Waals surface area contributed by atoms with E-state index in [1.165, 1.54) is 0 Å². The number of carbonyl (C=O) groups is 2. The summed E-state index contributed by atoms with van der Waals surface area (Å²) >= 11 is 0. The van der Waals surface area contributed by atoms with E-state index in [2.05, 4.69) is 63.9 Å². The molecule has 4 aliphatic heterocycles. The molecule has 10 rings (SSSR count). The molecule has 1 aliphatic carbocycles. The number of fused-ring (bicyclic) bond motifs is 9. The topological polar surface area (TPSA) is 131 Å². The number of carbonyl (C=O) groups excluding carboxylic acids is 2. The number of likely N-dealkylation sites (tertiary alicyclic amines) is 1. The molecule has 12 nitrogen and oxygen atoms in total. The van der Waals surface area contributed by atoms with Crippen LogP contribution in [0.3, 0.4) is 0 Å². The van der Waals surface area contributed by atoms with Gasteiger partial charge in [-0.25, -0.2) is 19.6 Å². The fraction of sp³-hybridized carbons (Fsp3) is 0.500. The highest BCUT2D eigenvalue weighted by Gasteiger charge is 2.43. The molecule has 1 saturated carbocycles. The molecule has 3 atom stereocenters. The van der Waals surface area contributed by atoms with Gasteiger partial charge in [0.15, 0.2) is 6.23 Å². The van der Waals surface area contributed by atoms with Crippen molar-refractivity contribution in [2.75, 3.05) is 6.54 Å². The zero-order valence-electron chi connectivity index (χ0n) is 33.5. The predicted octanol–water partition coefficient (Wildman–Crippen LogP) is 10.3. The monoisotopic (exact) mass is 759 g/mol. The number of nitrogens with one attached hydrogen (secondary N) is 2. The predicted molar refractivity (Wildman–Crippen MR) is 214 cm³/mol. The Bertz CT molecular complexity index is 2300. The van der Waals surface area contributed by atoms with Crippen molar-refractivity contribution < 1.29 is 23.8 Å². The van der Waals surface area contributed by atoms with Gasteiger partial charge in [0.1, 0.15) is 28.6 Å². The molecule has 294 valence electrons. The smallest absolute Gasteiger partial charge is 0.411 e. The molecular formula is C44H53N7O5. The summed E-state index contributed by atoms with van der Waals surface area (Å²) in [6.45, 7) is 14.2. The first-order valence-electron chi connectivity index (χ1n) is 20.3. The SMILES string of the molecule is CC1Oc2cc(-c3cnc([C@@H]4CC5CCC(CC5)N4C(=O)OC(C)(C)C)[nH]3)ccc2-c2cc3cc(-c4cnc([C@@H]5CCCN5C(=O)OC(C)(C)C)[nH]4)ccc3n21. The van der Waals surface area contributed by atoms with Gasteiger partial charge in [0, 0.05) is 34.7 Å². The zero-order valence-corrected chi connectivity index (χ0v) is 33.5. The molecule has 56 heavy (non-hydrogen) atoms. The van der Waals surface area contributed by atoms with Crippen molar-refractivity contribution in [1.82, 2.24) is 34.3 Å². The lowest BCUT2D eigenvalue weighted by Crippen LogP contribution is -2.44. The summed E-state index contributed by atoms with van der Waals surface area (Å²) < 4.78 is 20.5. The Morgan fingerprint density at radius 3 is 2.12 bits per heavy atom. The fourth-order valence-corrected chi connectivity index (χ4v) is 9.31. The van der Waals surface area contributed by atoms with Crippen molar-refractivity contribution >= 4 is 23.1 Å². The molecule has 5 aliphatic rings. The summed E-state index contributed by atoms with van der Waals surface area (Å²) in [6.07, 6.45) is 9.87. The van der Waals surface area contributed by atoms with Crippen molar-refractivity contribution in [2.45, 2.75) is 129 Å². The minimum absolute atomic E-state index is 0.143. The first kappa shape index (κ1) is 36.4. The van der Waals surface area contributed by atoms with Gasteiger partial charge in [-0.1, -0.05) is 12.1 Å². The minimum Gasteiger partial charge on any atom is -0.470 e. The molecule has 0 spiro atoms. The van der Waals surface area contributed by atoms with Crippen LogP contribution < -0.4 is 4.74 Å². The van der Waals surface area contributed by atoms with Gasteiger partial charge in [-0.2, -0.15) is 0 Å². The number of aromatic nitrogens is 5. The van der Waals surface area contributed by atoms with Crippen molar-refractivity contribution in [2.24, 2.45) is 5.92 Å². The van der Waals surface area contributed by atoms with E-state index >= 15 is 0 Å². The van der Waals surface area contributed by atoms with Gasteiger partial charge >= 0.3 is 12.2 Å². The van der Waals surface area contributed by atoms with E-state index in [0.29, 0.717) is 12.5 Å². The molecule has 5 aromatic rings. The van der Waals surface area contributed by atoms with Crippen LogP contribution in [0.5, 0.6) is 5.75 Å². The maximum Gasteiger partial charge on any atom is 0.411 e. The Morgan fingerprint density at radius 1 is 0.786 bits per heavy atom. The minimum atomic E-state index is -0.568. The van der Waals surface area contributed by atoms with E-state index in [1.807, 2.05) is 58.8 Å². The number of hydrogen-bond donors (Lipinski definition) is 2. The van der Waals surface area contributed by atoms with Crippen LogP contribution in [0.1, 0.15) is 123 Å². The normalized spacial score (nSPS) is 23.4. The van der Waals surface area contributed by atoms with Gasteiger partial charge in [-0.3, -0.25) is 9.80 Å². The van der Waals surface area contributed by atoms with E-state index in [1.54, 1.807) is 4.90 Å². The van der Waals surface area contributed by atoms with Crippen molar-refractivity contribution in [1.29, 1.82) is 0 Å². The van der Waals surface area contributed by atoms with Gasteiger partial charge in [0.25, 0.3) is 0 Å². The molecule has 3 aromatic heterocycles. The van der Waals surface area contributed by atoms with E-state index < -0.39 is 11.2 Å². The van der Waals surface area contributed by atoms with Gasteiger partial charge in [-0.15, -0.1) is 0 Å². The van der Waals surface area contributed by atoms with E-state index in [-0.39, 0.29) is 36.5 Å². The number of amides is 2. The third-order valence-electron chi connectivity index (χ3n) is 11.8. The van der Waals surface area contributed by atoms with Gasteiger partial charge in [0.2, 0.25) is 0 Å². The molecular weight excluding hydrogens is 707 g/mol. The molecule has 2 aromatic carbocycles. The molecule has 0 radical (unpaired) electrons. The maximum absolute atomic E-state index is 13.6. The second-order valence-electron chi connectivity index (χ2n) is 18.1. The van der Waals surface area contributed by atoms with Crippen molar-refractivity contribution in [3.8, 4) is 39.5 Å². The summed E-state index contributed by atoms with van der Waals surface area (Å²) in [5, 5.41) is 1.10. The van der Waals surface area contributed by atoms with Crippen molar-refractivity contribution in [3.63, 3.8) is 0 Å². The second-order valence-corrected chi connectivity index (χ2v) is 18.1. The van der Waals surface area contributed by atoms with Crippen LogP contribution in [0.4, 0.5) is 9.59 Å². The van der Waals surface area contributed by atoms with Crippen LogP contribution in [0.25, 0.3) is 44.7 Å². The van der Waals surface area contributed by atoms with E-state index in [4.69, 9.17) is 24.2 Å². The quantitative estimate of drug-likeness (QED) is 0.186. The lowest BCUT2D eigenvalue weighted by Gasteiger charge is -2.36. The summed E-state index contributed by atoms with van der Waals surface area (Å²) in [6, 6.07) is 14.9. The van der Waals surface area contributed by atoms with Gasteiger partial charge in [-0.05, 0) is 130 Å². The molecule has 1 unspecified atom stereocenters. The molecule has 2 bridgehead atoms. The second kappa shape index (κ2) is 13.4. The Balaban J connectivity index is 0.974. The lowest BCUT2D eigenvalue weighted by atomic mass is 9.86. The van der Waals surface area contributed by atoms with Gasteiger partial charge < -0.3 is 28.7 Å². The summed E-state index contributed by atoms with van der Waals surface area (Å²) in [5.41, 5.74) is 5.87. The van der Waals surface area contributed by atoms with Crippen LogP contribution in [0.2, 0.25) is 0 Å². The van der Waals surface area contributed by atoms with Crippen LogP contribution >= 0.6 is 0 Å². The lowest BCUT2D eigenvalue weighted by molar-refractivity contribution is 0.00429. The average molecular weight is 760 g/mol. The first-order valence-corrected chi connectivity index (χ1v) is 20.3. The van der Waals surface area contributed by atoms with Crippen LogP contribution in [-0.4, -0.2) is 70.3 Å². The third-order valence-corrected chi connectivity index (χ3v) is 11.8. The molecule has 12 heteroatoms. The highest BCUT2D eigenvalue weighted by Crippen LogP contribution is 2.46. The number of imidazole rings is 2. The highest BCUT2D eigenvalue weighted by atomic mass is 16.6. The van der Waals surface area contributed by atoms with Gasteiger partial charge in [0.05, 0.1) is 47.1 Å². The summed E-state index contributed by atoms with van der Waals surface area (Å²) in [7, 11) is 0. The third kappa shape index (κ3) is 6.70. The first-order chi connectivity index (χ1) is 26.7. The fourth-order valence-electron chi connectivity index (χ4n) is 9.31. The average Bonchev–Trinajstić information content (AvgIpc) is 3.94. The number of nitrogens with zero attached hydrogens (tertiary/aromatic N) is 5. The molecule has 4 fully saturated rings. The number of H-pyrrole nitrogens is 2. The van der Waals surface area contributed by atoms with Crippen LogP contribution in [0, 0.1) is 5.92 Å². The van der Waals surface area contributed by atoms with Crippen molar-refractivity contribution in [3.05, 3.63) is 66.5 Å². The summed E-state index contributed by atoms with van der Waals surface area (Å²) in [5.74, 6) is 2.97. The zero-order chi connectivity index (χ0) is 39.1. The van der Waals surface area contributed by atoms with Crippen LogP contribution in [-0.2, 0) is 9.47 Å². The Morgan fingerprint density at radius 2 is 1.43 bits per heavy atom. The summed E-state index contributed by atoms with van der Waals surface area (Å²) in [4.78, 5) is 47.0. The molecule has 2 N–H and O–H groups in total. The maximum atomic E-state index is 13.6. The van der Waals surface area contributed by atoms with E-state index in [9.17, 15) is 9.59 Å². The molecule has 7 heterocycles. The largest absolute Gasteiger partial charge is 0.470 e. The Hall–Kier alpha value is -5.26. The molecule has 2 amide bonds. The number of rotatable bonds is 4. The number of hydrogen-bond acceptors (Lipinski definition) is 7. The van der Waals surface area contributed by atoms with Crippen LogP contribution in [0.15, 0.2) is 54.9 Å². The number of aromatic amines is 2. The van der Waals surface area contributed by atoms with E-state index in [0.717, 1.165) is 107 Å². The number of ether oxygens (including phenoxy) is 3. The number of benzene rings is 2. The Labute approximate surface area is 327 Å². The standard InChI is InChI=1S/C44H53N7O5/c1-25-50-34-17-13-27(32-23-45-39(47-32)35-9-8-18-49(35)41(52)55-43(2,3)4)20-29(34)21-36(50)31-16-12-28(22-38(31)54-25)33-24-46-40(48-33)37-19-26-10-14-30(15-11-26)51(37)42(53)56-44(5,6)7/h12-13,16-17,20-26,30,35,37H,8-11,14-15,18-19H2,1-7H3,(H,45,47)(H,46,48)/t25?,26?,30?,35-,37-/m0/s1. The Kier molecular flexibility index (Phi) is 8.74. The highest BCUT2D eigenvalue weighted by molar-refractivity contribution is 5.92. The molecule has 3 saturated heterocycles.